The summed E-state index contributed by atoms with van der Waals surface area (Å²) in [5, 5.41) is 2.91. The van der Waals surface area contributed by atoms with E-state index in [-0.39, 0.29) is 22.9 Å². The van der Waals surface area contributed by atoms with Crippen LogP contribution in [-0.4, -0.2) is 46.3 Å². The lowest BCUT2D eigenvalue weighted by molar-refractivity contribution is -0.117. The van der Waals surface area contributed by atoms with Gasteiger partial charge in [-0.2, -0.15) is 0 Å². The predicted octanol–water partition coefficient (Wildman–Crippen LogP) is 4.56. The molecule has 0 saturated heterocycles. The highest BCUT2D eigenvalue weighted by molar-refractivity contribution is 7.90. The number of ether oxygens (including phenoxy) is 1. The summed E-state index contributed by atoms with van der Waals surface area (Å²) in [6, 6.07) is 18.6. The summed E-state index contributed by atoms with van der Waals surface area (Å²) in [6.07, 6.45) is 1.16. The maximum Gasteiger partial charge on any atom is 0.326 e. The Morgan fingerprint density at radius 2 is 1.66 bits per heavy atom. The highest BCUT2D eigenvalue weighted by atomic mass is 32.2. The summed E-state index contributed by atoms with van der Waals surface area (Å²) >= 11 is 0. The van der Waals surface area contributed by atoms with Gasteiger partial charge in [0.25, 0.3) is 0 Å². The van der Waals surface area contributed by atoms with E-state index in [1.165, 1.54) is 6.92 Å². The van der Waals surface area contributed by atoms with E-state index in [4.69, 9.17) is 4.74 Å². The molecule has 0 aliphatic carbocycles. The molecule has 1 atom stereocenters. The summed E-state index contributed by atoms with van der Waals surface area (Å²) in [5.41, 5.74) is 3.39. The molecule has 1 unspecified atom stereocenters. The van der Waals surface area contributed by atoms with Crippen molar-refractivity contribution in [3.05, 3.63) is 66.7 Å². The van der Waals surface area contributed by atoms with E-state index < -0.39 is 9.84 Å². The zero-order valence-corrected chi connectivity index (χ0v) is 20.8. The number of urea groups is 1. The van der Waals surface area contributed by atoms with Crippen LogP contribution in [0.5, 0.6) is 5.75 Å². The van der Waals surface area contributed by atoms with Crippen molar-refractivity contribution in [3.63, 3.8) is 0 Å². The third-order valence-electron chi connectivity index (χ3n) is 5.93. The number of methoxy groups -OCH3 is 1. The fourth-order valence-corrected chi connectivity index (χ4v) is 4.89. The topological polar surface area (TPSA) is 96.0 Å². The minimum Gasteiger partial charge on any atom is -0.497 e. The van der Waals surface area contributed by atoms with Gasteiger partial charge in [0.1, 0.15) is 5.75 Å². The summed E-state index contributed by atoms with van der Waals surface area (Å²) in [5.74, 6) is 0.509. The van der Waals surface area contributed by atoms with Crippen molar-refractivity contribution in [3.8, 4) is 16.9 Å². The molecule has 35 heavy (non-hydrogen) atoms. The fraction of sp³-hybridized carbons (Fsp3) is 0.231. The SMILES string of the molecule is COc1cccc(NC(=O)N2CC(C)N(C(C)=O)c3ccc(-c4ccc(S(C)(=O)=O)cc4)cc32)c1. The van der Waals surface area contributed by atoms with Crippen molar-refractivity contribution < 1.29 is 22.7 Å². The van der Waals surface area contributed by atoms with Crippen molar-refractivity contribution in [2.24, 2.45) is 0 Å². The van der Waals surface area contributed by atoms with Crippen LogP contribution in [0.2, 0.25) is 0 Å². The Kier molecular flexibility index (Phi) is 6.53. The Bertz CT molecular complexity index is 1390. The molecule has 0 spiro atoms. The lowest BCUT2D eigenvalue weighted by Crippen LogP contribution is -2.52. The van der Waals surface area contributed by atoms with Crippen molar-refractivity contribution >= 4 is 38.8 Å². The van der Waals surface area contributed by atoms with Crippen molar-refractivity contribution in [1.29, 1.82) is 0 Å². The van der Waals surface area contributed by atoms with Gasteiger partial charge in [-0.1, -0.05) is 24.3 Å². The molecular formula is C26H27N3O5S. The standard InChI is InChI=1S/C26H27N3O5S/c1-17-16-28(26(31)27-21-6-5-7-22(15-21)34-3)25-14-20(10-13-24(25)29(17)18(2)30)19-8-11-23(12-9-19)35(4,32)33/h5-15,17H,16H2,1-4H3,(H,27,31). The van der Waals surface area contributed by atoms with Crippen LogP contribution in [0, 0.1) is 0 Å². The number of carbonyl (C=O) groups excluding carboxylic acids is 2. The number of carbonyl (C=O) groups is 2. The molecule has 0 bridgehead atoms. The molecule has 3 amide bonds. The van der Waals surface area contributed by atoms with E-state index >= 15 is 0 Å². The Morgan fingerprint density at radius 3 is 2.29 bits per heavy atom. The molecule has 1 N–H and O–H groups in total. The van der Waals surface area contributed by atoms with E-state index in [0.717, 1.165) is 17.4 Å². The first-order valence-electron chi connectivity index (χ1n) is 11.1. The van der Waals surface area contributed by atoms with Crippen LogP contribution < -0.4 is 19.9 Å². The zero-order valence-electron chi connectivity index (χ0n) is 20.0. The maximum atomic E-state index is 13.4. The number of amides is 3. The van der Waals surface area contributed by atoms with Gasteiger partial charge in [-0.05, 0) is 54.4 Å². The molecule has 4 rings (SSSR count). The number of nitrogens with zero attached hydrogens (tertiary/aromatic N) is 2. The average molecular weight is 494 g/mol. The Labute approximate surface area is 205 Å². The van der Waals surface area contributed by atoms with Gasteiger partial charge < -0.3 is 15.0 Å². The van der Waals surface area contributed by atoms with Gasteiger partial charge in [0.15, 0.2) is 9.84 Å². The molecule has 0 radical (unpaired) electrons. The molecule has 3 aromatic carbocycles. The molecule has 3 aromatic rings. The molecule has 0 fully saturated rings. The van der Waals surface area contributed by atoms with Crippen LogP contribution in [0.15, 0.2) is 71.6 Å². The van der Waals surface area contributed by atoms with Crippen molar-refractivity contribution in [2.45, 2.75) is 24.8 Å². The fourth-order valence-electron chi connectivity index (χ4n) is 4.26. The Hall–Kier alpha value is -3.85. The smallest absolute Gasteiger partial charge is 0.326 e. The molecule has 182 valence electrons. The second-order valence-electron chi connectivity index (χ2n) is 8.51. The summed E-state index contributed by atoms with van der Waals surface area (Å²) in [6.45, 7) is 3.71. The molecule has 0 saturated carbocycles. The second kappa shape index (κ2) is 9.42. The number of anilines is 3. The molecule has 1 aliphatic heterocycles. The van der Waals surface area contributed by atoms with E-state index in [2.05, 4.69) is 5.32 Å². The van der Waals surface area contributed by atoms with Crippen LogP contribution in [0.4, 0.5) is 21.9 Å². The van der Waals surface area contributed by atoms with Gasteiger partial charge in [0.05, 0.1) is 29.4 Å². The second-order valence-corrected chi connectivity index (χ2v) is 10.5. The van der Waals surface area contributed by atoms with Crippen molar-refractivity contribution in [2.75, 3.05) is 35.0 Å². The molecule has 9 heteroatoms. The number of rotatable bonds is 4. The maximum absolute atomic E-state index is 13.4. The first-order chi connectivity index (χ1) is 16.6. The van der Waals surface area contributed by atoms with E-state index in [0.29, 0.717) is 29.4 Å². The van der Waals surface area contributed by atoms with Gasteiger partial charge >= 0.3 is 6.03 Å². The first-order valence-corrected chi connectivity index (χ1v) is 12.9. The predicted molar refractivity (Wildman–Crippen MR) is 137 cm³/mol. The van der Waals surface area contributed by atoms with Crippen LogP contribution in [0.1, 0.15) is 13.8 Å². The first kappa shape index (κ1) is 24.3. The number of benzene rings is 3. The third kappa shape index (κ3) is 5.00. The third-order valence-corrected chi connectivity index (χ3v) is 7.06. The summed E-state index contributed by atoms with van der Waals surface area (Å²) < 4.78 is 28.9. The minimum absolute atomic E-state index is 0.114. The average Bonchev–Trinajstić information content (AvgIpc) is 2.82. The quantitative estimate of drug-likeness (QED) is 0.575. The Morgan fingerprint density at radius 1 is 0.971 bits per heavy atom. The van der Waals surface area contributed by atoms with Gasteiger partial charge in [-0.3, -0.25) is 9.69 Å². The Balaban J connectivity index is 1.74. The lowest BCUT2D eigenvalue weighted by atomic mass is 10.0. The lowest BCUT2D eigenvalue weighted by Gasteiger charge is -2.40. The zero-order chi connectivity index (χ0) is 25.3. The number of fused-ring (bicyclic) bond motifs is 1. The van der Waals surface area contributed by atoms with E-state index in [1.807, 2.05) is 25.1 Å². The number of hydrogen-bond donors (Lipinski definition) is 1. The number of sulfone groups is 1. The van der Waals surface area contributed by atoms with Crippen molar-refractivity contribution in [1.82, 2.24) is 0 Å². The van der Waals surface area contributed by atoms with E-state index in [1.54, 1.807) is 65.4 Å². The van der Waals surface area contributed by atoms with Crippen LogP contribution in [-0.2, 0) is 14.6 Å². The minimum atomic E-state index is -3.31. The molecule has 0 aromatic heterocycles. The van der Waals surface area contributed by atoms with Crippen LogP contribution in [0.25, 0.3) is 11.1 Å². The largest absolute Gasteiger partial charge is 0.497 e. The highest BCUT2D eigenvalue weighted by Crippen LogP contribution is 2.39. The monoisotopic (exact) mass is 493 g/mol. The molecule has 1 aliphatic rings. The van der Waals surface area contributed by atoms with Gasteiger partial charge in [0.2, 0.25) is 5.91 Å². The number of nitrogens with one attached hydrogen (secondary N) is 1. The van der Waals surface area contributed by atoms with Crippen LogP contribution in [0.3, 0.4) is 0 Å². The normalized spacial score (nSPS) is 15.4. The summed E-state index contributed by atoms with van der Waals surface area (Å²) in [4.78, 5) is 29.3. The number of hydrogen-bond acceptors (Lipinski definition) is 5. The van der Waals surface area contributed by atoms with E-state index in [9.17, 15) is 18.0 Å². The van der Waals surface area contributed by atoms with Gasteiger partial charge in [0, 0.05) is 31.5 Å². The molecular weight excluding hydrogens is 466 g/mol. The van der Waals surface area contributed by atoms with Gasteiger partial charge in [-0.15, -0.1) is 0 Å². The molecule has 1 heterocycles. The highest BCUT2D eigenvalue weighted by Gasteiger charge is 2.34. The van der Waals surface area contributed by atoms with Gasteiger partial charge in [-0.25, -0.2) is 13.2 Å². The summed E-state index contributed by atoms with van der Waals surface area (Å²) in [7, 11) is -1.75. The molecule has 8 nitrogen and oxygen atoms in total. The van der Waals surface area contributed by atoms with Crippen LogP contribution >= 0.6 is 0 Å².